The number of ether oxygens (including phenoxy) is 1. The first-order valence-corrected chi connectivity index (χ1v) is 12.9. The van der Waals surface area contributed by atoms with Crippen LogP contribution in [0.1, 0.15) is 48.5 Å². The van der Waals surface area contributed by atoms with E-state index in [1.807, 2.05) is 62.4 Å². The van der Waals surface area contributed by atoms with Gasteiger partial charge < -0.3 is 10.1 Å². The summed E-state index contributed by atoms with van der Waals surface area (Å²) in [7, 11) is 0. The van der Waals surface area contributed by atoms with Gasteiger partial charge in [0.1, 0.15) is 0 Å². The highest BCUT2D eigenvalue weighted by Gasteiger charge is 2.46. The molecule has 0 saturated heterocycles. The van der Waals surface area contributed by atoms with Crippen LogP contribution in [0.2, 0.25) is 0 Å². The van der Waals surface area contributed by atoms with Crippen molar-refractivity contribution < 1.29 is 14.3 Å². The smallest absolute Gasteiger partial charge is 0.308 e. The number of carbonyl (C=O) groups is 2. The number of fused-ring (bicyclic) bond motifs is 3. The third-order valence-electron chi connectivity index (χ3n) is 7.48. The zero-order chi connectivity index (χ0) is 23.8. The van der Waals surface area contributed by atoms with Gasteiger partial charge in [0.25, 0.3) is 5.91 Å². The lowest BCUT2D eigenvalue weighted by Gasteiger charge is -2.35. The maximum absolute atomic E-state index is 13.8. The van der Waals surface area contributed by atoms with Gasteiger partial charge in [-0.05, 0) is 75.1 Å². The summed E-state index contributed by atoms with van der Waals surface area (Å²) in [5, 5.41) is 4.23. The van der Waals surface area contributed by atoms with Crippen molar-refractivity contribution in [2.24, 2.45) is 17.8 Å². The van der Waals surface area contributed by atoms with E-state index in [2.05, 4.69) is 21.2 Å². The van der Waals surface area contributed by atoms with Gasteiger partial charge in [-0.25, -0.2) is 4.98 Å². The molecule has 34 heavy (non-hydrogen) atoms. The number of esters is 1. The molecule has 0 spiro atoms. The number of pyridine rings is 1. The number of hydrogen-bond acceptors (Lipinski definition) is 4. The Bertz CT molecular complexity index is 1230. The van der Waals surface area contributed by atoms with Crippen LogP contribution in [0, 0.1) is 24.7 Å². The lowest BCUT2D eigenvalue weighted by Crippen LogP contribution is -2.46. The molecule has 1 heterocycles. The average molecular weight is 521 g/mol. The zero-order valence-corrected chi connectivity index (χ0v) is 21.1. The molecule has 2 saturated carbocycles. The van der Waals surface area contributed by atoms with Gasteiger partial charge >= 0.3 is 5.97 Å². The minimum atomic E-state index is -0.0856. The van der Waals surface area contributed by atoms with Gasteiger partial charge in [0.05, 0.1) is 29.3 Å². The molecule has 5 nitrogen and oxygen atoms in total. The van der Waals surface area contributed by atoms with Crippen molar-refractivity contribution in [1.82, 2.24) is 10.3 Å². The Morgan fingerprint density at radius 3 is 2.47 bits per heavy atom. The second-order valence-corrected chi connectivity index (χ2v) is 10.4. The van der Waals surface area contributed by atoms with Gasteiger partial charge in [-0.15, -0.1) is 0 Å². The molecule has 2 aliphatic rings. The van der Waals surface area contributed by atoms with Crippen LogP contribution in [0.5, 0.6) is 0 Å². The van der Waals surface area contributed by atoms with Crippen LogP contribution >= 0.6 is 15.9 Å². The third kappa shape index (κ3) is 4.24. The lowest BCUT2D eigenvalue weighted by atomic mass is 9.77. The Labute approximate surface area is 208 Å². The summed E-state index contributed by atoms with van der Waals surface area (Å²) in [6.45, 7) is 4.25. The van der Waals surface area contributed by atoms with Crippen LogP contribution in [0.3, 0.4) is 0 Å². The monoisotopic (exact) mass is 520 g/mol. The Kier molecular flexibility index (Phi) is 6.43. The highest BCUT2D eigenvalue weighted by atomic mass is 79.9. The Morgan fingerprint density at radius 2 is 1.79 bits per heavy atom. The maximum atomic E-state index is 13.8. The van der Waals surface area contributed by atoms with Crippen molar-refractivity contribution in [1.29, 1.82) is 0 Å². The summed E-state index contributed by atoms with van der Waals surface area (Å²) in [4.78, 5) is 31.1. The van der Waals surface area contributed by atoms with Gasteiger partial charge in [0, 0.05) is 21.5 Å². The minimum Gasteiger partial charge on any atom is -0.466 e. The van der Waals surface area contributed by atoms with Crippen molar-refractivity contribution in [2.75, 3.05) is 6.61 Å². The van der Waals surface area contributed by atoms with Gasteiger partial charge in [-0.3, -0.25) is 9.59 Å². The molecule has 1 aromatic heterocycles. The van der Waals surface area contributed by atoms with E-state index in [-0.39, 0.29) is 23.8 Å². The first-order valence-electron chi connectivity index (χ1n) is 12.1. The largest absolute Gasteiger partial charge is 0.466 e. The molecule has 2 unspecified atom stereocenters. The van der Waals surface area contributed by atoms with Crippen LogP contribution in [0.4, 0.5) is 0 Å². The molecule has 6 heteroatoms. The van der Waals surface area contributed by atoms with Crippen LogP contribution in [-0.2, 0) is 9.53 Å². The number of carbonyl (C=O) groups excluding carboxylic acids is 2. The first-order chi connectivity index (χ1) is 16.5. The number of rotatable bonds is 5. The zero-order valence-electron chi connectivity index (χ0n) is 19.5. The van der Waals surface area contributed by atoms with Gasteiger partial charge in [-0.2, -0.15) is 0 Å². The van der Waals surface area contributed by atoms with Gasteiger partial charge in [-0.1, -0.05) is 46.3 Å². The number of benzene rings is 2. The predicted molar refractivity (Wildman–Crippen MR) is 136 cm³/mol. The SMILES string of the molecule is CCOC(=O)C1C[C@H]2CC[C@@H](C1)C2NC(=O)c1c(C)c(-c2ccccc2)nc2ccc(Br)cc12. The molecule has 2 aliphatic carbocycles. The Hall–Kier alpha value is -2.73. The quantitative estimate of drug-likeness (QED) is 0.414. The number of nitrogens with zero attached hydrogens (tertiary/aromatic N) is 1. The van der Waals surface area contributed by atoms with Crippen molar-refractivity contribution in [3.63, 3.8) is 0 Å². The predicted octanol–water partition coefficient (Wildman–Crippen LogP) is 6.07. The molecular weight excluding hydrogens is 492 g/mol. The summed E-state index contributed by atoms with van der Waals surface area (Å²) in [5.41, 5.74) is 4.18. The van der Waals surface area contributed by atoms with E-state index in [0.29, 0.717) is 24.0 Å². The number of nitrogens with one attached hydrogen (secondary N) is 1. The summed E-state index contributed by atoms with van der Waals surface area (Å²) in [6.07, 6.45) is 3.67. The average Bonchev–Trinajstić information content (AvgIpc) is 3.05. The van der Waals surface area contributed by atoms with Crippen LogP contribution in [-0.4, -0.2) is 29.5 Å². The molecule has 0 aliphatic heterocycles. The molecule has 3 aromatic rings. The normalized spacial score (nSPS) is 23.6. The van der Waals surface area contributed by atoms with Crippen molar-refractivity contribution in [3.8, 4) is 11.3 Å². The maximum Gasteiger partial charge on any atom is 0.308 e. The fourth-order valence-electron chi connectivity index (χ4n) is 5.94. The van der Waals surface area contributed by atoms with Crippen molar-refractivity contribution in [3.05, 3.63) is 64.1 Å². The standard InChI is InChI=1S/C28H29BrN2O3/c1-3-34-28(33)20-13-18-9-10-19(14-20)26(18)31-27(32)24-16(2)25(17-7-5-4-6-8-17)30-23-12-11-21(29)15-22(23)24/h4-8,11-12,15,18-20,26H,3,9-10,13-14H2,1-2H3,(H,31,32)/t18-,19+,20?,26?. The van der Waals surface area contributed by atoms with E-state index in [1.165, 1.54) is 0 Å². The minimum absolute atomic E-state index is 0.0465. The fourth-order valence-corrected chi connectivity index (χ4v) is 6.30. The van der Waals surface area contributed by atoms with Crippen LogP contribution < -0.4 is 5.32 Å². The summed E-state index contributed by atoms with van der Waals surface area (Å²) in [6, 6.07) is 16.0. The molecule has 2 bridgehead atoms. The molecule has 5 rings (SSSR count). The first kappa shape index (κ1) is 23.0. The summed E-state index contributed by atoms with van der Waals surface area (Å²) in [5.74, 6) is 0.431. The molecule has 2 aromatic carbocycles. The van der Waals surface area contributed by atoms with Crippen LogP contribution in [0.15, 0.2) is 53.0 Å². The molecule has 2 fully saturated rings. The van der Waals surface area contributed by atoms with Gasteiger partial charge in [0.2, 0.25) is 0 Å². The van der Waals surface area contributed by atoms with E-state index in [1.54, 1.807) is 0 Å². The third-order valence-corrected chi connectivity index (χ3v) is 7.97. The number of amides is 1. The molecule has 0 radical (unpaired) electrons. The Balaban J connectivity index is 1.48. The molecule has 1 amide bonds. The van der Waals surface area contributed by atoms with Crippen molar-refractivity contribution >= 4 is 38.7 Å². The number of halogens is 1. The van der Waals surface area contributed by atoms with Gasteiger partial charge in [0.15, 0.2) is 0 Å². The summed E-state index contributed by atoms with van der Waals surface area (Å²) < 4.78 is 6.20. The molecule has 4 atom stereocenters. The second-order valence-electron chi connectivity index (χ2n) is 9.51. The second kappa shape index (κ2) is 9.49. The highest BCUT2D eigenvalue weighted by molar-refractivity contribution is 9.10. The Morgan fingerprint density at radius 1 is 1.09 bits per heavy atom. The molecule has 1 N–H and O–H groups in total. The lowest BCUT2D eigenvalue weighted by molar-refractivity contribution is -0.150. The van der Waals surface area contributed by atoms with E-state index in [4.69, 9.17) is 9.72 Å². The van der Waals surface area contributed by atoms with E-state index in [9.17, 15) is 9.59 Å². The highest BCUT2D eigenvalue weighted by Crippen LogP contribution is 2.45. The fraction of sp³-hybridized carbons (Fsp3) is 0.393. The van der Waals surface area contributed by atoms with Crippen molar-refractivity contribution in [2.45, 2.75) is 45.6 Å². The molecular formula is C28H29BrN2O3. The summed E-state index contributed by atoms with van der Waals surface area (Å²) >= 11 is 3.56. The van der Waals surface area contributed by atoms with Crippen LogP contribution in [0.25, 0.3) is 22.2 Å². The number of hydrogen-bond donors (Lipinski definition) is 1. The molecule has 176 valence electrons. The van der Waals surface area contributed by atoms with E-state index < -0.39 is 0 Å². The van der Waals surface area contributed by atoms with E-state index >= 15 is 0 Å². The van der Waals surface area contributed by atoms with E-state index in [0.717, 1.165) is 57.9 Å². The topological polar surface area (TPSA) is 68.3 Å². The number of aromatic nitrogens is 1.